The number of benzene rings is 3. The first-order valence-electron chi connectivity index (χ1n) is 8.29. The maximum Gasteiger partial charge on any atom is 0.240 e. The summed E-state index contributed by atoms with van der Waals surface area (Å²) in [5.74, 6) is -0.241. The summed E-state index contributed by atoms with van der Waals surface area (Å²) in [6, 6.07) is 19.9. The zero-order valence-corrected chi connectivity index (χ0v) is 15.2. The number of carbonyl (C=O) groups is 1. The number of fused-ring (bicyclic) bond motifs is 1. The molecule has 0 aliphatic rings. The molecule has 0 saturated heterocycles. The van der Waals surface area contributed by atoms with Crippen LogP contribution in [-0.4, -0.2) is 20.9 Å². The Hall–Kier alpha value is -2.70. The Labute approximate surface area is 153 Å². The van der Waals surface area contributed by atoms with Crippen molar-refractivity contribution < 1.29 is 13.2 Å². The molecule has 6 heteroatoms. The van der Waals surface area contributed by atoms with Gasteiger partial charge in [0.05, 0.1) is 4.90 Å². The SMILES string of the molecule is Cc1ccc(NC(=O)CCNS(=O)(=O)c2ccc3ccccc3c2)cc1. The van der Waals surface area contributed by atoms with E-state index in [1.807, 2.05) is 55.5 Å². The zero-order valence-electron chi connectivity index (χ0n) is 14.4. The lowest BCUT2D eigenvalue weighted by Crippen LogP contribution is -2.27. The Morgan fingerprint density at radius 1 is 0.923 bits per heavy atom. The van der Waals surface area contributed by atoms with E-state index in [1.165, 1.54) is 0 Å². The molecule has 134 valence electrons. The van der Waals surface area contributed by atoms with Crippen LogP contribution in [0.3, 0.4) is 0 Å². The second-order valence-electron chi connectivity index (χ2n) is 6.07. The standard InChI is InChI=1S/C20H20N2O3S/c1-15-6-9-18(10-7-15)22-20(23)12-13-21-26(24,25)19-11-8-16-4-2-3-5-17(16)14-19/h2-11,14,21H,12-13H2,1H3,(H,22,23). The lowest BCUT2D eigenvalue weighted by Gasteiger charge is -2.09. The summed E-state index contributed by atoms with van der Waals surface area (Å²) in [6.45, 7) is 2.00. The van der Waals surface area contributed by atoms with Crippen molar-refractivity contribution in [3.63, 3.8) is 0 Å². The molecule has 0 spiro atoms. The van der Waals surface area contributed by atoms with E-state index in [4.69, 9.17) is 0 Å². The van der Waals surface area contributed by atoms with Crippen molar-refractivity contribution in [1.29, 1.82) is 0 Å². The van der Waals surface area contributed by atoms with Gasteiger partial charge in [0.2, 0.25) is 15.9 Å². The fourth-order valence-corrected chi connectivity index (χ4v) is 3.64. The van der Waals surface area contributed by atoms with Gasteiger partial charge in [0.25, 0.3) is 0 Å². The average molecular weight is 368 g/mol. The zero-order chi connectivity index (χ0) is 18.6. The van der Waals surface area contributed by atoms with E-state index < -0.39 is 10.0 Å². The van der Waals surface area contributed by atoms with Crippen LogP contribution in [0.4, 0.5) is 5.69 Å². The first kappa shape index (κ1) is 18.1. The molecule has 5 nitrogen and oxygen atoms in total. The molecule has 0 aromatic heterocycles. The van der Waals surface area contributed by atoms with E-state index in [0.717, 1.165) is 16.3 Å². The van der Waals surface area contributed by atoms with Crippen molar-refractivity contribution in [2.75, 3.05) is 11.9 Å². The summed E-state index contributed by atoms with van der Waals surface area (Å²) in [6.07, 6.45) is 0.0562. The summed E-state index contributed by atoms with van der Waals surface area (Å²) in [5, 5.41) is 4.58. The number of amides is 1. The maximum atomic E-state index is 12.4. The van der Waals surface area contributed by atoms with Crippen LogP contribution in [0.25, 0.3) is 10.8 Å². The summed E-state index contributed by atoms with van der Waals surface area (Å²) in [5.41, 5.74) is 1.80. The second-order valence-corrected chi connectivity index (χ2v) is 7.84. The molecule has 0 saturated carbocycles. The Balaban J connectivity index is 1.58. The first-order chi connectivity index (χ1) is 12.4. The Bertz CT molecular complexity index is 1030. The van der Waals surface area contributed by atoms with Crippen LogP contribution in [0.5, 0.6) is 0 Å². The Morgan fingerprint density at radius 3 is 2.35 bits per heavy atom. The van der Waals surface area contributed by atoms with E-state index in [0.29, 0.717) is 5.69 Å². The number of anilines is 1. The Morgan fingerprint density at radius 2 is 1.62 bits per heavy atom. The number of nitrogens with one attached hydrogen (secondary N) is 2. The molecule has 0 aliphatic carbocycles. The number of aryl methyl sites for hydroxylation is 1. The second kappa shape index (κ2) is 7.68. The van der Waals surface area contributed by atoms with Gasteiger partial charge in [0.1, 0.15) is 0 Å². The van der Waals surface area contributed by atoms with Crippen LogP contribution >= 0.6 is 0 Å². The van der Waals surface area contributed by atoms with Gasteiger partial charge in [-0.3, -0.25) is 4.79 Å². The molecular formula is C20H20N2O3S. The molecular weight excluding hydrogens is 348 g/mol. The minimum atomic E-state index is -3.66. The van der Waals surface area contributed by atoms with Gasteiger partial charge in [-0.1, -0.05) is 48.0 Å². The Kier molecular flexibility index (Phi) is 5.35. The quantitative estimate of drug-likeness (QED) is 0.700. The summed E-state index contributed by atoms with van der Waals surface area (Å²) in [7, 11) is -3.66. The molecule has 3 aromatic carbocycles. The smallest absolute Gasteiger partial charge is 0.240 e. The van der Waals surface area contributed by atoms with Gasteiger partial charge in [-0.25, -0.2) is 13.1 Å². The maximum absolute atomic E-state index is 12.4. The minimum Gasteiger partial charge on any atom is -0.326 e. The largest absolute Gasteiger partial charge is 0.326 e. The highest BCUT2D eigenvalue weighted by Gasteiger charge is 2.14. The van der Waals surface area contributed by atoms with Crippen LogP contribution in [0.2, 0.25) is 0 Å². The van der Waals surface area contributed by atoms with Crippen LogP contribution in [-0.2, 0) is 14.8 Å². The molecule has 0 aliphatic heterocycles. The molecule has 0 unspecified atom stereocenters. The van der Waals surface area contributed by atoms with Gasteiger partial charge in [0.15, 0.2) is 0 Å². The van der Waals surface area contributed by atoms with Gasteiger partial charge < -0.3 is 5.32 Å². The summed E-state index contributed by atoms with van der Waals surface area (Å²) >= 11 is 0. The highest BCUT2D eigenvalue weighted by molar-refractivity contribution is 7.89. The van der Waals surface area contributed by atoms with Gasteiger partial charge in [-0.05, 0) is 42.0 Å². The van der Waals surface area contributed by atoms with Gasteiger partial charge in [-0.2, -0.15) is 0 Å². The lowest BCUT2D eigenvalue weighted by molar-refractivity contribution is -0.116. The van der Waals surface area contributed by atoms with Crippen LogP contribution in [0.1, 0.15) is 12.0 Å². The number of carbonyl (C=O) groups excluding carboxylic acids is 1. The molecule has 26 heavy (non-hydrogen) atoms. The highest BCUT2D eigenvalue weighted by atomic mass is 32.2. The van der Waals surface area contributed by atoms with E-state index >= 15 is 0 Å². The molecule has 3 rings (SSSR count). The van der Waals surface area contributed by atoms with Gasteiger partial charge >= 0.3 is 0 Å². The number of rotatable bonds is 6. The van der Waals surface area contributed by atoms with E-state index in [2.05, 4.69) is 10.0 Å². The van der Waals surface area contributed by atoms with Gasteiger partial charge in [-0.15, -0.1) is 0 Å². The first-order valence-corrected chi connectivity index (χ1v) is 9.77. The molecule has 0 heterocycles. The average Bonchev–Trinajstić information content (AvgIpc) is 2.63. The fraction of sp³-hybridized carbons (Fsp3) is 0.150. The van der Waals surface area contributed by atoms with Crippen molar-refractivity contribution >= 4 is 32.4 Å². The van der Waals surface area contributed by atoms with E-state index in [-0.39, 0.29) is 23.8 Å². The third-order valence-electron chi connectivity index (χ3n) is 4.01. The van der Waals surface area contributed by atoms with Crippen molar-refractivity contribution in [3.05, 3.63) is 72.3 Å². The molecule has 0 atom stereocenters. The molecule has 0 radical (unpaired) electrons. The van der Waals surface area contributed by atoms with Crippen molar-refractivity contribution in [2.24, 2.45) is 0 Å². The molecule has 1 amide bonds. The number of hydrogen-bond acceptors (Lipinski definition) is 3. The third-order valence-corrected chi connectivity index (χ3v) is 5.47. The number of sulfonamides is 1. The fourth-order valence-electron chi connectivity index (χ4n) is 2.58. The highest BCUT2D eigenvalue weighted by Crippen LogP contribution is 2.18. The monoisotopic (exact) mass is 368 g/mol. The molecule has 0 bridgehead atoms. The third kappa shape index (κ3) is 4.47. The number of hydrogen-bond donors (Lipinski definition) is 2. The van der Waals surface area contributed by atoms with Crippen molar-refractivity contribution in [1.82, 2.24) is 4.72 Å². The normalized spacial score (nSPS) is 11.4. The molecule has 3 aromatic rings. The van der Waals surface area contributed by atoms with E-state index in [1.54, 1.807) is 18.2 Å². The molecule has 0 fully saturated rings. The van der Waals surface area contributed by atoms with Crippen LogP contribution in [0, 0.1) is 6.92 Å². The van der Waals surface area contributed by atoms with Crippen molar-refractivity contribution in [2.45, 2.75) is 18.2 Å². The predicted molar refractivity (Wildman–Crippen MR) is 104 cm³/mol. The van der Waals surface area contributed by atoms with Crippen molar-refractivity contribution in [3.8, 4) is 0 Å². The molecule has 2 N–H and O–H groups in total. The summed E-state index contributed by atoms with van der Waals surface area (Å²) < 4.78 is 27.3. The summed E-state index contributed by atoms with van der Waals surface area (Å²) in [4.78, 5) is 12.1. The minimum absolute atomic E-state index is 0.0346. The van der Waals surface area contributed by atoms with Crippen LogP contribution < -0.4 is 10.0 Å². The van der Waals surface area contributed by atoms with Crippen LogP contribution in [0.15, 0.2) is 71.6 Å². The lowest BCUT2D eigenvalue weighted by atomic mass is 10.1. The predicted octanol–water partition coefficient (Wildman–Crippen LogP) is 3.46. The van der Waals surface area contributed by atoms with E-state index in [9.17, 15) is 13.2 Å². The van der Waals surface area contributed by atoms with Gasteiger partial charge in [0, 0.05) is 18.7 Å². The topological polar surface area (TPSA) is 75.3 Å².